The first-order chi connectivity index (χ1) is 53.2. The number of hydrogen-bond acceptors (Lipinski definition) is 31. The molecule has 6 aromatic rings. The Labute approximate surface area is 662 Å². The molecule has 6 aromatic heterocycles. The zero-order chi connectivity index (χ0) is 80.2. The summed E-state index contributed by atoms with van der Waals surface area (Å²) in [6.07, 6.45) is 21.6. The zero-order valence-corrected chi connectivity index (χ0v) is 67.1. The number of carbonyl (C=O) groups is 5. The normalized spacial score (nSPS) is 18.9. The molecule has 0 spiro atoms. The Balaban J connectivity index is 0.000000192. The highest BCUT2D eigenvalue weighted by atomic mass is 127. The molecular formula is C73H97ClIN17O18S. The average Bonchev–Trinajstić information content (AvgIpc) is 1.69. The van der Waals surface area contributed by atoms with Gasteiger partial charge >= 0.3 is 25.6 Å². The third-order valence-corrected chi connectivity index (χ3v) is 19.3. The monoisotopic (exact) mass is 1690 g/mol. The van der Waals surface area contributed by atoms with Crippen molar-refractivity contribution in [3.8, 4) is 17.6 Å². The lowest BCUT2D eigenvalue weighted by Crippen LogP contribution is -2.41. The zero-order valence-electron chi connectivity index (χ0n) is 63.3. The molecule has 12 rings (SSSR count). The fourth-order valence-corrected chi connectivity index (χ4v) is 12.5. The summed E-state index contributed by atoms with van der Waals surface area (Å²) < 4.78 is 57.0. The highest BCUT2D eigenvalue weighted by Gasteiger charge is 2.40. The van der Waals surface area contributed by atoms with Crippen molar-refractivity contribution in [1.29, 1.82) is 0 Å². The number of allylic oxidation sites excluding steroid dienone is 1. The van der Waals surface area contributed by atoms with Crippen LogP contribution in [0.2, 0.25) is 0 Å². The molecule has 4 amide bonds. The van der Waals surface area contributed by atoms with Gasteiger partial charge < -0.3 is 54.6 Å². The summed E-state index contributed by atoms with van der Waals surface area (Å²) >= 11 is 5.63. The van der Waals surface area contributed by atoms with Crippen LogP contribution in [0.5, 0.6) is 17.6 Å². The number of halogens is 2. The van der Waals surface area contributed by atoms with E-state index >= 15 is 0 Å². The van der Waals surface area contributed by atoms with E-state index < -0.39 is 12.5 Å². The van der Waals surface area contributed by atoms with Crippen molar-refractivity contribution >= 4 is 105 Å². The molecule has 3 unspecified atom stereocenters. The molecular weight excluding hydrogens is 1600 g/mol. The van der Waals surface area contributed by atoms with E-state index in [1.165, 1.54) is 25.3 Å². The Morgan fingerprint density at radius 1 is 0.541 bits per heavy atom. The number of piperidine rings is 2. The summed E-state index contributed by atoms with van der Waals surface area (Å²) in [7, 11) is -3.76. The predicted molar refractivity (Wildman–Crippen MR) is 418 cm³/mol. The molecule has 6 aliphatic rings. The lowest BCUT2D eigenvalue weighted by molar-refractivity contribution is -0.683. The van der Waals surface area contributed by atoms with Crippen LogP contribution in [0, 0.1) is 17.8 Å². The van der Waals surface area contributed by atoms with Gasteiger partial charge in [-0.3, -0.25) is 24.3 Å². The molecule has 5 aliphatic heterocycles. The standard InChI is InChI=1S/C25H32N6O4.C23H31N5O3.C22H30N6O3.C3H3ClO.HIO7S/c1-5-23(32)30-12-9-19(10-13-30)35-22-7-6-18(14-27-22)17(4)28-24-26-11-8-21(29-24)31-20(16(2)3)15-34-25(31)33;1-15(2)19-14-30-23(29)28(19)20-11-12-24-22(27-20)26-16(3)17-9-10-21(25-13-17)31-18-7-5-4-6-8-18;1-14(2)18-13-30-22(29)28(18)19-8-11-24-21(27-19)26-15(3)16-4-5-20(25-12-16)31-17-6-9-23-10-7-17;1-2-3(4)5;1-9(3,4)8-7-6-5-2/h5-8,11,14,16-17,19-20H,1,9-10,12-13,15H2,2-4H3,(H,26,28,29);9-13,15-16,18-19H,4-8,14H2,1-3H3,(H,24,26,27);4-5,8,11-12,14-15,17-18,23H,6-7,9-10,13H2,1-3H3,(H,24,26,27);2H,1H2;2H/t17?,20-;16?,19-;15?,18-;;/m111../s1. The quantitative estimate of drug-likeness (QED) is 0.00608. The number of aromatic nitrogens is 9. The Kier molecular flexibility index (Phi) is 34.2. The van der Waals surface area contributed by atoms with Crippen LogP contribution in [-0.4, -0.2) is 175 Å². The van der Waals surface area contributed by atoms with Crippen LogP contribution in [0.15, 0.2) is 117 Å². The van der Waals surface area contributed by atoms with Gasteiger partial charge in [0.05, 0.1) is 36.3 Å². The van der Waals surface area contributed by atoms with Gasteiger partial charge in [-0.15, -0.1) is 0 Å². The first kappa shape index (κ1) is 87.2. The van der Waals surface area contributed by atoms with E-state index in [1.807, 2.05) is 69.6 Å². The molecule has 6 fully saturated rings. The number of hydrogen-bond donors (Lipinski definition) is 5. The van der Waals surface area contributed by atoms with Crippen molar-refractivity contribution in [2.24, 2.45) is 17.8 Å². The SMILES string of the molecule is C=CC(=O)Cl.C=CC(=O)N1CCC(Oc2ccc(C(C)Nc3nccc(N4C(=O)OC[C@@H]4C(C)C)n3)cn2)CC1.CC(Nc1nccc(N2C(=O)OC[C@@H]2C(C)C)n1)c1ccc(OC2CCCCC2)nc1.CC(Nc1nccc(N2C(=O)OC[C@@H]2C(C)C)n1)c1ccc(OC2CCNCC2)nc1.O=S(=O)(I)OOOOO. The maximum atomic E-state index is 12.3. The number of nitrogens with zero attached hydrogens (tertiary/aromatic N) is 13. The Morgan fingerprint density at radius 3 is 1.20 bits per heavy atom. The molecule has 602 valence electrons. The molecule has 5 saturated heterocycles. The van der Waals surface area contributed by atoms with Gasteiger partial charge in [-0.05, 0) is 164 Å². The van der Waals surface area contributed by atoms with Crippen LogP contribution < -0.4 is 50.2 Å². The van der Waals surface area contributed by atoms with Crippen molar-refractivity contribution in [2.45, 2.75) is 175 Å². The predicted octanol–water partition coefficient (Wildman–Crippen LogP) is 12.4. The number of carbonyl (C=O) groups excluding carboxylic acids is 5. The van der Waals surface area contributed by atoms with Crippen molar-refractivity contribution in [1.82, 2.24) is 55.1 Å². The number of ether oxygens (including phenoxy) is 6. The van der Waals surface area contributed by atoms with Gasteiger partial charge in [0.15, 0.2) is 0 Å². The molecule has 0 radical (unpaired) electrons. The third-order valence-electron chi connectivity index (χ3n) is 18.5. The number of cyclic esters (lactones) is 3. The van der Waals surface area contributed by atoms with Crippen molar-refractivity contribution in [2.75, 3.05) is 76.6 Å². The average molecular weight is 1700 g/mol. The highest BCUT2D eigenvalue weighted by molar-refractivity contribution is 14.2. The van der Waals surface area contributed by atoms with E-state index in [-0.39, 0.29) is 96.5 Å². The van der Waals surface area contributed by atoms with E-state index in [0.29, 0.717) is 85.8 Å². The van der Waals surface area contributed by atoms with Crippen molar-refractivity contribution in [3.63, 3.8) is 0 Å². The van der Waals surface area contributed by atoms with Gasteiger partial charge in [0.25, 0.3) is 0 Å². The molecule has 0 aromatic carbocycles. The van der Waals surface area contributed by atoms with E-state index in [1.54, 1.807) is 62.6 Å². The van der Waals surface area contributed by atoms with Crippen LogP contribution >= 0.6 is 32.8 Å². The Bertz CT molecular complexity index is 3950. The van der Waals surface area contributed by atoms with Crippen LogP contribution in [0.25, 0.3) is 0 Å². The molecule has 0 bridgehead atoms. The smallest absolute Gasteiger partial charge is 0.415 e. The van der Waals surface area contributed by atoms with Gasteiger partial charge in [0.1, 0.15) is 76.8 Å². The maximum absolute atomic E-state index is 12.3. The van der Waals surface area contributed by atoms with Gasteiger partial charge in [-0.25, -0.2) is 49.5 Å². The van der Waals surface area contributed by atoms with Crippen molar-refractivity contribution < 1.29 is 85.5 Å². The number of rotatable bonds is 27. The number of pyridine rings is 3. The summed E-state index contributed by atoms with van der Waals surface area (Å²) in [6.45, 7) is 29.4. The highest BCUT2D eigenvalue weighted by Crippen LogP contribution is 2.32. The van der Waals surface area contributed by atoms with Crippen LogP contribution in [0.3, 0.4) is 0 Å². The summed E-state index contributed by atoms with van der Waals surface area (Å²) in [4.78, 5) is 104. The molecule has 1 aliphatic carbocycles. The van der Waals surface area contributed by atoms with E-state index in [9.17, 15) is 32.4 Å². The van der Waals surface area contributed by atoms with E-state index in [0.717, 1.165) is 95.6 Å². The lowest BCUT2D eigenvalue weighted by atomic mass is 9.98. The van der Waals surface area contributed by atoms with Gasteiger partial charge in [0.2, 0.25) is 46.6 Å². The second-order valence-corrected chi connectivity index (χ2v) is 31.9. The van der Waals surface area contributed by atoms with Crippen LogP contribution in [0.4, 0.5) is 49.7 Å². The Morgan fingerprint density at radius 2 is 0.892 bits per heavy atom. The number of likely N-dealkylation sites (tertiary alicyclic amines) is 1. The second kappa shape index (κ2) is 43.5. The summed E-state index contributed by atoms with van der Waals surface area (Å²) in [5.41, 5.74) is 2.94. The molecule has 1 saturated carbocycles. The maximum Gasteiger partial charge on any atom is 0.415 e. The molecule has 11 heterocycles. The largest absolute Gasteiger partial charge is 0.474 e. The molecule has 5 N–H and O–H groups in total. The molecule has 6 atom stereocenters. The molecule has 111 heavy (non-hydrogen) atoms. The minimum Gasteiger partial charge on any atom is -0.474 e. The number of amides is 4. The van der Waals surface area contributed by atoms with Crippen molar-refractivity contribution in [3.05, 3.63) is 134 Å². The molecule has 35 nitrogen and oxygen atoms in total. The van der Waals surface area contributed by atoms with E-state index in [2.05, 4.69) is 140 Å². The van der Waals surface area contributed by atoms with E-state index in [4.69, 9.17) is 45.3 Å². The summed E-state index contributed by atoms with van der Waals surface area (Å²) in [5.74, 6) is 5.50. The van der Waals surface area contributed by atoms with Crippen LogP contribution in [0.1, 0.15) is 155 Å². The minimum absolute atomic E-state index is 0.0286. The summed E-state index contributed by atoms with van der Waals surface area (Å²) in [5, 5.41) is 29.3. The first-order valence-electron chi connectivity index (χ1n) is 36.5. The number of nitrogens with one attached hydrogen (secondary N) is 4. The van der Waals surface area contributed by atoms with Gasteiger partial charge in [-0.1, -0.05) is 83.7 Å². The molecule has 38 heteroatoms. The van der Waals surface area contributed by atoms with Gasteiger partial charge in [-0.2, -0.15) is 23.4 Å². The fraction of sp³-hybridized carbons (Fsp3) is 0.507. The fourth-order valence-electron chi connectivity index (χ4n) is 12.2. The third kappa shape index (κ3) is 27.2. The minimum atomic E-state index is -3.76. The Hall–Kier alpha value is -9.35. The summed E-state index contributed by atoms with van der Waals surface area (Å²) in [6, 6.07) is 16.4. The van der Waals surface area contributed by atoms with Crippen LogP contribution in [-0.2, 0) is 50.5 Å². The topological polar surface area (TPSA) is 409 Å². The lowest BCUT2D eigenvalue weighted by Gasteiger charge is -2.31. The van der Waals surface area contributed by atoms with Gasteiger partial charge in [0, 0.05) is 81.3 Å². The first-order valence-corrected chi connectivity index (χ1v) is 40.8. The second-order valence-electron chi connectivity index (χ2n) is 27.3. The number of anilines is 6.